The molecule has 0 aromatic heterocycles. The number of hydrogen-bond donors (Lipinski definition) is 2. The second-order valence-electron chi connectivity index (χ2n) is 4.43. The number of anilines is 1. The summed E-state index contributed by atoms with van der Waals surface area (Å²) < 4.78 is 56.7. The zero-order chi connectivity index (χ0) is 16.8. The normalized spacial score (nSPS) is 10.3. The molecule has 0 fully saturated rings. The molecular formula is C15H12F4N2O2. The van der Waals surface area contributed by atoms with Crippen LogP contribution in [-0.4, -0.2) is 19.2 Å². The number of amides is 2. The maximum absolute atomic E-state index is 13.3. The van der Waals surface area contributed by atoms with Crippen LogP contribution in [0, 0.1) is 23.3 Å². The first-order valence-corrected chi connectivity index (χ1v) is 6.53. The van der Waals surface area contributed by atoms with Crippen LogP contribution in [0.4, 0.5) is 28.0 Å². The summed E-state index contributed by atoms with van der Waals surface area (Å²) in [5, 5.41) is 4.67. The first-order valence-electron chi connectivity index (χ1n) is 6.53. The fourth-order valence-corrected chi connectivity index (χ4v) is 1.67. The van der Waals surface area contributed by atoms with E-state index >= 15 is 0 Å². The van der Waals surface area contributed by atoms with E-state index in [4.69, 9.17) is 4.74 Å². The van der Waals surface area contributed by atoms with Crippen molar-refractivity contribution in [2.75, 3.05) is 18.5 Å². The molecule has 2 N–H and O–H groups in total. The van der Waals surface area contributed by atoms with Crippen molar-refractivity contribution in [1.82, 2.24) is 5.32 Å². The van der Waals surface area contributed by atoms with Crippen LogP contribution in [0.25, 0.3) is 0 Å². The van der Waals surface area contributed by atoms with E-state index < -0.39 is 29.3 Å². The van der Waals surface area contributed by atoms with E-state index in [2.05, 4.69) is 10.6 Å². The van der Waals surface area contributed by atoms with Gasteiger partial charge in [-0.25, -0.2) is 22.4 Å². The van der Waals surface area contributed by atoms with E-state index in [0.717, 1.165) is 24.3 Å². The van der Waals surface area contributed by atoms with Gasteiger partial charge in [-0.2, -0.15) is 0 Å². The molecular weight excluding hydrogens is 316 g/mol. The third-order valence-electron chi connectivity index (χ3n) is 2.72. The molecule has 122 valence electrons. The van der Waals surface area contributed by atoms with E-state index in [1.807, 2.05) is 0 Å². The molecule has 0 spiro atoms. The first kappa shape index (κ1) is 16.6. The monoisotopic (exact) mass is 328 g/mol. The summed E-state index contributed by atoms with van der Waals surface area (Å²) in [6, 6.07) is 5.10. The smallest absolute Gasteiger partial charge is 0.319 e. The lowest BCUT2D eigenvalue weighted by atomic mass is 10.3. The van der Waals surface area contributed by atoms with E-state index in [9.17, 15) is 22.4 Å². The number of nitrogens with one attached hydrogen (secondary N) is 2. The van der Waals surface area contributed by atoms with Crippen LogP contribution in [0.15, 0.2) is 36.4 Å². The molecule has 0 atom stereocenters. The van der Waals surface area contributed by atoms with E-state index in [0.29, 0.717) is 6.07 Å². The maximum Gasteiger partial charge on any atom is 0.319 e. The third kappa shape index (κ3) is 4.87. The van der Waals surface area contributed by atoms with Gasteiger partial charge in [0, 0.05) is 17.8 Å². The van der Waals surface area contributed by atoms with Gasteiger partial charge >= 0.3 is 6.03 Å². The Morgan fingerprint density at radius 3 is 2.43 bits per heavy atom. The average molecular weight is 328 g/mol. The topological polar surface area (TPSA) is 50.4 Å². The number of hydrogen-bond acceptors (Lipinski definition) is 2. The van der Waals surface area contributed by atoms with Gasteiger partial charge in [-0.15, -0.1) is 0 Å². The van der Waals surface area contributed by atoms with Crippen LogP contribution in [0.5, 0.6) is 5.75 Å². The van der Waals surface area contributed by atoms with Crippen molar-refractivity contribution in [1.29, 1.82) is 0 Å². The molecule has 0 saturated carbocycles. The molecule has 2 aromatic carbocycles. The van der Waals surface area contributed by atoms with Gasteiger partial charge in [0.2, 0.25) is 0 Å². The number of rotatable bonds is 5. The lowest BCUT2D eigenvalue weighted by Crippen LogP contribution is -2.32. The molecule has 2 amide bonds. The van der Waals surface area contributed by atoms with Gasteiger partial charge in [0.25, 0.3) is 0 Å². The number of benzene rings is 2. The van der Waals surface area contributed by atoms with E-state index in [1.165, 1.54) is 6.07 Å². The third-order valence-corrected chi connectivity index (χ3v) is 2.72. The van der Waals surface area contributed by atoms with Crippen molar-refractivity contribution in [2.45, 2.75) is 0 Å². The summed E-state index contributed by atoms with van der Waals surface area (Å²) in [6.07, 6.45) is 0. The van der Waals surface area contributed by atoms with Crippen molar-refractivity contribution in [3.63, 3.8) is 0 Å². The molecule has 0 unspecified atom stereocenters. The highest BCUT2D eigenvalue weighted by Crippen LogP contribution is 2.17. The Kier molecular flexibility index (Phi) is 5.40. The summed E-state index contributed by atoms with van der Waals surface area (Å²) in [4.78, 5) is 11.5. The molecule has 0 saturated heterocycles. The number of halogens is 4. The zero-order valence-corrected chi connectivity index (χ0v) is 11.7. The predicted octanol–water partition coefficient (Wildman–Crippen LogP) is 3.44. The summed E-state index contributed by atoms with van der Waals surface area (Å²) in [5.74, 6) is -3.83. The number of carbonyl (C=O) groups excluding carboxylic acids is 1. The first-order chi connectivity index (χ1) is 11.0. The predicted molar refractivity (Wildman–Crippen MR) is 75.2 cm³/mol. The Hall–Kier alpha value is -2.77. The second kappa shape index (κ2) is 7.48. The standard InChI is InChI=1S/C15H12F4N2O2/c16-9-1-4-14(13(19)7-9)23-6-5-20-15(22)21-10-2-3-11(17)12(18)8-10/h1-4,7-8H,5-6H2,(H2,20,21,22). The number of carbonyl (C=O) groups is 1. The van der Waals surface area contributed by atoms with Crippen LogP contribution in [0.2, 0.25) is 0 Å². The molecule has 2 aromatic rings. The van der Waals surface area contributed by atoms with Crippen LogP contribution < -0.4 is 15.4 Å². The molecule has 4 nitrogen and oxygen atoms in total. The molecule has 2 rings (SSSR count). The molecule has 0 aliphatic rings. The van der Waals surface area contributed by atoms with Crippen LogP contribution in [0.1, 0.15) is 0 Å². The molecule has 23 heavy (non-hydrogen) atoms. The molecule has 0 radical (unpaired) electrons. The Morgan fingerprint density at radius 1 is 0.957 bits per heavy atom. The maximum atomic E-state index is 13.3. The van der Waals surface area contributed by atoms with Gasteiger partial charge in [0.1, 0.15) is 12.4 Å². The molecule has 0 aliphatic carbocycles. The van der Waals surface area contributed by atoms with Gasteiger partial charge < -0.3 is 15.4 Å². The van der Waals surface area contributed by atoms with Crippen LogP contribution >= 0.6 is 0 Å². The summed E-state index contributed by atoms with van der Waals surface area (Å²) in [7, 11) is 0. The summed E-state index contributed by atoms with van der Waals surface area (Å²) >= 11 is 0. The number of urea groups is 1. The average Bonchev–Trinajstić information content (AvgIpc) is 2.49. The van der Waals surface area contributed by atoms with Crippen molar-refractivity contribution >= 4 is 11.7 Å². The minimum Gasteiger partial charge on any atom is -0.489 e. The molecule has 8 heteroatoms. The SMILES string of the molecule is O=C(NCCOc1ccc(F)cc1F)Nc1ccc(F)c(F)c1. The molecule has 0 aliphatic heterocycles. The minimum absolute atomic E-state index is 0.0202. The molecule has 0 bridgehead atoms. The Morgan fingerprint density at radius 2 is 1.74 bits per heavy atom. The lowest BCUT2D eigenvalue weighted by Gasteiger charge is -2.09. The van der Waals surface area contributed by atoms with Gasteiger partial charge in [-0.05, 0) is 24.3 Å². The highest BCUT2D eigenvalue weighted by molar-refractivity contribution is 5.89. The van der Waals surface area contributed by atoms with Crippen LogP contribution in [-0.2, 0) is 0 Å². The fraction of sp³-hybridized carbons (Fsp3) is 0.133. The van der Waals surface area contributed by atoms with E-state index in [-0.39, 0.29) is 24.6 Å². The highest BCUT2D eigenvalue weighted by atomic mass is 19.2. The van der Waals surface area contributed by atoms with Crippen molar-refractivity contribution in [2.24, 2.45) is 0 Å². The highest BCUT2D eigenvalue weighted by Gasteiger charge is 2.07. The van der Waals surface area contributed by atoms with Crippen molar-refractivity contribution in [3.05, 3.63) is 59.7 Å². The van der Waals surface area contributed by atoms with Gasteiger partial charge in [-0.1, -0.05) is 0 Å². The van der Waals surface area contributed by atoms with Crippen molar-refractivity contribution in [3.8, 4) is 5.75 Å². The van der Waals surface area contributed by atoms with Gasteiger partial charge in [-0.3, -0.25) is 0 Å². The largest absolute Gasteiger partial charge is 0.489 e. The van der Waals surface area contributed by atoms with Crippen molar-refractivity contribution < 1.29 is 27.1 Å². The van der Waals surface area contributed by atoms with Crippen LogP contribution in [0.3, 0.4) is 0 Å². The molecule has 0 heterocycles. The second-order valence-corrected chi connectivity index (χ2v) is 4.43. The van der Waals surface area contributed by atoms with Gasteiger partial charge in [0.05, 0.1) is 6.54 Å². The quantitative estimate of drug-likeness (QED) is 0.652. The number of ether oxygens (including phenoxy) is 1. The van der Waals surface area contributed by atoms with E-state index in [1.54, 1.807) is 0 Å². The fourth-order valence-electron chi connectivity index (χ4n) is 1.67. The minimum atomic E-state index is -1.09. The Balaban J connectivity index is 1.75. The zero-order valence-electron chi connectivity index (χ0n) is 11.7. The Labute approximate surface area is 129 Å². The lowest BCUT2D eigenvalue weighted by molar-refractivity contribution is 0.246. The summed E-state index contributed by atoms with van der Waals surface area (Å²) in [5.41, 5.74) is 0.0758. The Bertz CT molecular complexity index is 710. The van der Waals surface area contributed by atoms with Gasteiger partial charge in [0.15, 0.2) is 23.2 Å². The summed E-state index contributed by atoms with van der Waals surface area (Å²) in [6.45, 7) is -0.0416.